The number of rotatable bonds is 3. The lowest BCUT2D eigenvalue weighted by atomic mass is 10.2. The highest BCUT2D eigenvalue weighted by molar-refractivity contribution is 5.85. The zero-order chi connectivity index (χ0) is 9.68. The van der Waals surface area contributed by atoms with Crippen LogP contribution in [0.5, 0.6) is 0 Å². The molecule has 86 valence electrons. The van der Waals surface area contributed by atoms with Crippen molar-refractivity contribution in [2.75, 3.05) is 0 Å². The number of nitrogens with two attached hydrogens (primary N) is 1. The highest BCUT2D eigenvalue weighted by Gasteiger charge is 1.92. The first-order valence-corrected chi connectivity index (χ1v) is 3.76. The summed E-state index contributed by atoms with van der Waals surface area (Å²) in [5.41, 5.74) is 11.1. The first-order chi connectivity index (χ1) is 6.18. The van der Waals surface area contributed by atoms with Crippen molar-refractivity contribution in [3.63, 3.8) is 0 Å². The Morgan fingerprint density at radius 2 is 1.80 bits per heavy atom. The van der Waals surface area contributed by atoms with Crippen LogP contribution in [-0.4, -0.2) is 5.96 Å². The Morgan fingerprint density at radius 1 is 1.27 bits per heavy atom. The molecule has 0 spiro atoms. The lowest BCUT2D eigenvalue weighted by Gasteiger charge is -2.05. The maximum absolute atomic E-state index is 12.4. The second kappa shape index (κ2) is 8.28. The summed E-state index contributed by atoms with van der Waals surface area (Å²) in [5, 5.41) is 6.84. The van der Waals surface area contributed by atoms with Crippen LogP contribution in [0.3, 0.4) is 0 Å². The molecule has 0 unspecified atom stereocenters. The van der Waals surface area contributed by atoms with Crippen molar-refractivity contribution in [2.24, 2.45) is 5.73 Å². The summed E-state index contributed by atoms with van der Waals surface area (Å²) < 4.78 is 12.4. The Kier molecular flexibility index (Phi) is 9.05. The van der Waals surface area contributed by atoms with Crippen LogP contribution < -0.4 is 16.6 Å². The van der Waals surface area contributed by atoms with Gasteiger partial charge in [0.25, 0.3) is 0 Å². The monoisotopic (exact) mass is 254 g/mol. The van der Waals surface area contributed by atoms with E-state index in [9.17, 15) is 4.39 Å². The van der Waals surface area contributed by atoms with Crippen molar-refractivity contribution < 1.29 is 4.39 Å². The minimum absolute atomic E-state index is 0. The van der Waals surface area contributed by atoms with Gasteiger partial charge < -0.3 is 5.73 Å². The Balaban J connectivity index is 0. The first-order valence-electron chi connectivity index (χ1n) is 3.76. The molecule has 0 saturated carbocycles. The molecule has 0 aliphatic rings. The molecule has 0 bridgehead atoms. The minimum Gasteiger partial charge on any atom is -0.369 e. The maximum atomic E-state index is 12.4. The number of nitrogens with one attached hydrogen (secondary N) is 3. The number of benzene rings is 1. The van der Waals surface area contributed by atoms with Gasteiger partial charge in [-0.3, -0.25) is 10.8 Å². The molecular formula is C8H13Cl2FN4. The maximum Gasteiger partial charge on any atom is 0.200 e. The molecule has 0 heterocycles. The van der Waals surface area contributed by atoms with Crippen molar-refractivity contribution in [2.45, 2.75) is 6.54 Å². The molecule has 0 saturated heterocycles. The van der Waals surface area contributed by atoms with Gasteiger partial charge in [-0.25, -0.2) is 9.82 Å². The summed E-state index contributed by atoms with van der Waals surface area (Å²) >= 11 is 0. The van der Waals surface area contributed by atoms with Crippen molar-refractivity contribution in [1.29, 1.82) is 5.41 Å². The normalized spacial score (nSPS) is 8.33. The third kappa shape index (κ3) is 6.96. The third-order valence-corrected chi connectivity index (χ3v) is 1.43. The summed E-state index contributed by atoms with van der Waals surface area (Å²) in [6, 6.07) is 6.07. The molecule has 0 atom stereocenters. The van der Waals surface area contributed by atoms with Gasteiger partial charge in [0.1, 0.15) is 5.82 Å². The zero-order valence-corrected chi connectivity index (χ0v) is 9.42. The molecule has 15 heavy (non-hydrogen) atoms. The second-order valence-electron chi connectivity index (χ2n) is 2.52. The van der Waals surface area contributed by atoms with Crippen molar-refractivity contribution >= 4 is 30.8 Å². The number of hydrazine groups is 1. The molecule has 1 aromatic rings. The van der Waals surface area contributed by atoms with E-state index < -0.39 is 0 Å². The third-order valence-electron chi connectivity index (χ3n) is 1.43. The standard InChI is InChI=1S/C8H11FN4.2ClH/c9-7-3-1-6(2-4-7)5-12-13-8(10)11;;/h1-4,12H,5H2,(H4,10,11,13);2*1H. The number of hydrogen-bond acceptors (Lipinski definition) is 2. The van der Waals surface area contributed by atoms with E-state index in [0.717, 1.165) is 5.56 Å². The van der Waals surface area contributed by atoms with Crippen LogP contribution in [0, 0.1) is 11.2 Å². The predicted molar refractivity (Wildman–Crippen MR) is 62.8 cm³/mol. The molecular weight excluding hydrogens is 242 g/mol. The fourth-order valence-corrected chi connectivity index (χ4v) is 0.844. The molecule has 4 nitrogen and oxygen atoms in total. The molecule has 0 aliphatic heterocycles. The Hall–Kier alpha value is -1.04. The lowest BCUT2D eigenvalue weighted by Crippen LogP contribution is -2.41. The lowest BCUT2D eigenvalue weighted by molar-refractivity contribution is 0.621. The SMILES string of the molecule is Cl.Cl.N=C(N)NNCc1ccc(F)cc1. The van der Waals surface area contributed by atoms with E-state index in [1.807, 2.05) is 0 Å². The largest absolute Gasteiger partial charge is 0.369 e. The average molecular weight is 255 g/mol. The molecule has 0 amide bonds. The molecule has 5 N–H and O–H groups in total. The number of halogens is 3. The van der Waals surface area contributed by atoms with Gasteiger partial charge in [-0.15, -0.1) is 24.8 Å². The Labute approximate surface area is 99.7 Å². The first kappa shape index (κ1) is 16.4. The predicted octanol–water partition coefficient (Wildman–Crippen LogP) is 1.16. The van der Waals surface area contributed by atoms with Crippen LogP contribution in [-0.2, 0) is 6.54 Å². The van der Waals surface area contributed by atoms with E-state index in [-0.39, 0.29) is 36.6 Å². The van der Waals surface area contributed by atoms with Crippen LogP contribution in [0.4, 0.5) is 4.39 Å². The molecule has 0 fully saturated rings. The van der Waals surface area contributed by atoms with E-state index in [0.29, 0.717) is 6.54 Å². The smallest absolute Gasteiger partial charge is 0.200 e. The summed E-state index contributed by atoms with van der Waals surface area (Å²) in [6.07, 6.45) is 0. The van der Waals surface area contributed by atoms with Gasteiger partial charge in [0.05, 0.1) is 0 Å². The fraction of sp³-hybridized carbons (Fsp3) is 0.125. The van der Waals surface area contributed by atoms with Gasteiger partial charge in [-0.05, 0) is 17.7 Å². The topological polar surface area (TPSA) is 73.9 Å². The highest BCUT2D eigenvalue weighted by atomic mass is 35.5. The molecule has 0 aliphatic carbocycles. The molecule has 1 aromatic carbocycles. The second-order valence-corrected chi connectivity index (χ2v) is 2.52. The van der Waals surface area contributed by atoms with Crippen LogP contribution in [0.1, 0.15) is 5.56 Å². The average Bonchev–Trinajstić information content (AvgIpc) is 2.08. The summed E-state index contributed by atoms with van der Waals surface area (Å²) in [4.78, 5) is 0. The highest BCUT2D eigenvalue weighted by Crippen LogP contribution is 2.01. The minimum atomic E-state index is -0.261. The van der Waals surface area contributed by atoms with E-state index in [2.05, 4.69) is 10.9 Å². The zero-order valence-electron chi connectivity index (χ0n) is 7.79. The van der Waals surface area contributed by atoms with Crippen molar-refractivity contribution in [1.82, 2.24) is 10.9 Å². The van der Waals surface area contributed by atoms with Crippen molar-refractivity contribution in [3.05, 3.63) is 35.6 Å². The van der Waals surface area contributed by atoms with Crippen LogP contribution in [0.2, 0.25) is 0 Å². The number of guanidine groups is 1. The number of hydrogen-bond donors (Lipinski definition) is 4. The summed E-state index contributed by atoms with van der Waals surface area (Å²) in [5.74, 6) is -0.412. The fourth-order valence-electron chi connectivity index (χ4n) is 0.844. The van der Waals surface area contributed by atoms with Gasteiger partial charge in [0.15, 0.2) is 5.96 Å². The summed E-state index contributed by atoms with van der Waals surface area (Å²) in [7, 11) is 0. The van der Waals surface area contributed by atoms with Gasteiger partial charge in [-0.1, -0.05) is 12.1 Å². The van der Waals surface area contributed by atoms with Crippen LogP contribution >= 0.6 is 24.8 Å². The van der Waals surface area contributed by atoms with Gasteiger partial charge in [0, 0.05) is 6.54 Å². The van der Waals surface area contributed by atoms with Crippen LogP contribution in [0.25, 0.3) is 0 Å². The Bertz CT molecular complexity index is 291. The molecule has 7 heteroatoms. The summed E-state index contributed by atoms with van der Waals surface area (Å²) in [6.45, 7) is 0.486. The van der Waals surface area contributed by atoms with E-state index in [1.165, 1.54) is 12.1 Å². The van der Waals surface area contributed by atoms with Crippen LogP contribution in [0.15, 0.2) is 24.3 Å². The van der Waals surface area contributed by atoms with Gasteiger partial charge >= 0.3 is 0 Å². The van der Waals surface area contributed by atoms with E-state index in [1.54, 1.807) is 12.1 Å². The molecule has 0 radical (unpaired) electrons. The Morgan fingerprint density at radius 3 is 2.27 bits per heavy atom. The van der Waals surface area contributed by atoms with E-state index >= 15 is 0 Å². The van der Waals surface area contributed by atoms with Gasteiger partial charge in [0.2, 0.25) is 0 Å². The molecule has 1 rings (SSSR count). The molecule has 0 aromatic heterocycles. The van der Waals surface area contributed by atoms with Gasteiger partial charge in [-0.2, -0.15) is 0 Å². The van der Waals surface area contributed by atoms with Crippen molar-refractivity contribution in [3.8, 4) is 0 Å². The van der Waals surface area contributed by atoms with E-state index in [4.69, 9.17) is 11.1 Å². The quantitative estimate of drug-likeness (QED) is 0.372.